The van der Waals surface area contributed by atoms with Crippen molar-refractivity contribution in [2.45, 2.75) is 25.4 Å². The lowest BCUT2D eigenvalue weighted by Gasteiger charge is -2.13. The lowest BCUT2D eigenvalue weighted by molar-refractivity contribution is -0.117. The standard InChI is InChI=1S/C20H21N5O4S/c1-28-14-6-7-25(9-14)29-20(27)19-21-15(11-30-19)13-4-5-17-22-16(10-24(17)8-13)23-18(26)12-2-3-12/h4-5,8,10-12,14H,2-3,6-7,9H2,1H3,(H,23,26). The highest BCUT2D eigenvalue weighted by molar-refractivity contribution is 7.11. The van der Waals surface area contributed by atoms with Crippen LogP contribution in [0.15, 0.2) is 29.9 Å². The van der Waals surface area contributed by atoms with Gasteiger partial charge in [0.05, 0.1) is 24.5 Å². The predicted octanol–water partition coefficient (Wildman–Crippen LogP) is 2.60. The number of rotatable bonds is 6. The van der Waals surface area contributed by atoms with Crippen molar-refractivity contribution in [3.05, 3.63) is 34.9 Å². The van der Waals surface area contributed by atoms with Gasteiger partial charge in [-0.25, -0.2) is 14.8 Å². The van der Waals surface area contributed by atoms with Gasteiger partial charge in [-0.05, 0) is 31.4 Å². The van der Waals surface area contributed by atoms with Crippen molar-refractivity contribution < 1.29 is 19.2 Å². The Bertz CT molecular complexity index is 1110. The fourth-order valence-electron chi connectivity index (χ4n) is 3.41. The average molecular weight is 427 g/mol. The lowest BCUT2D eigenvalue weighted by atomic mass is 10.2. The lowest BCUT2D eigenvalue weighted by Crippen LogP contribution is -2.26. The molecule has 10 heteroatoms. The van der Waals surface area contributed by atoms with Crippen LogP contribution in [0, 0.1) is 5.92 Å². The maximum absolute atomic E-state index is 12.4. The molecular formula is C20H21N5O4S. The summed E-state index contributed by atoms with van der Waals surface area (Å²) in [5.74, 6) is 0.221. The summed E-state index contributed by atoms with van der Waals surface area (Å²) >= 11 is 1.25. The van der Waals surface area contributed by atoms with Crippen LogP contribution in [0.3, 0.4) is 0 Å². The van der Waals surface area contributed by atoms with E-state index in [0.29, 0.717) is 29.6 Å². The molecule has 4 heterocycles. The zero-order chi connectivity index (χ0) is 20.7. The molecule has 1 saturated heterocycles. The van der Waals surface area contributed by atoms with Crippen LogP contribution in [-0.4, -0.2) is 57.6 Å². The smallest absolute Gasteiger partial charge is 0.380 e. The minimum Gasteiger partial charge on any atom is -0.380 e. The average Bonchev–Trinajstić information content (AvgIpc) is 3.14. The maximum atomic E-state index is 12.4. The van der Waals surface area contributed by atoms with Gasteiger partial charge in [0, 0.05) is 36.7 Å². The van der Waals surface area contributed by atoms with Crippen LogP contribution in [0.25, 0.3) is 16.9 Å². The topological polar surface area (TPSA) is 98.1 Å². The van der Waals surface area contributed by atoms with Crippen molar-refractivity contribution in [1.82, 2.24) is 19.4 Å². The zero-order valence-electron chi connectivity index (χ0n) is 16.4. The van der Waals surface area contributed by atoms with Crippen LogP contribution >= 0.6 is 11.3 Å². The van der Waals surface area contributed by atoms with E-state index in [1.54, 1.807) is 18.4 Å². The molecule has 0 radical (unpaired) electrons. The molecule has 3 aromatic rings. The molecule has 1 aliphatic heterocycles. The molecule has 0 spiro atoms. The van der Waals surface area contributed by atoms with Gasteiger partial charge < -0.3 is 19.3 Å². The maximum Gasteiger partial charge on any atom is 0.386 e. The van der Waals surface area contributed by atoms with E-state index >= 15 is 0 Å². The van der Waals surface area contributed by atoms with E-state index < -0.39 is 5.97 Å². The largest absolute Gasteiger partial charge is 0.386 e. The first-order chi connectivity index (χ1) is 14.6. The van der Waals surface area contributed by atoms with Crippen molar-refractivity contribution in [1.29, 1.82) is 0 Å². The van der Waals surface area contributed by atoms with Gasteiger partial charge in [0.2, 0.25) is 10.9 Å². The normalized spacial score (nSPS) is 19.3. The number of anilines is 1. The number of ether oxygens (including phenoxy) is 1. The van der Waals surface area contributed by atoms with Gasteiger partial charge in [0.25, 0.3) is 0 Å². The van der Waals surface area contributed by atoms with E-state index in [4.69, 9.17) is 9.57 Å². The molecule has 1 saturated carbocycles. The Balaban J connectivity index is 1.29. The quantitative estimate of drug-likeness (QED) is 0.646. The Hall–Kier alpha value is -2.82. The summed E-state index contributed by atoms with van der Waals surface area (Å²) in [5.41, 5.74) is 2.25. The first-order valence-corrected chi connectivity index (χ1v) is 10.7. The molecule has 0 aromatic carbocycles. The number of thiazole rings is 1. The van der Waals surface area contributed by atoms with E-state index in [0.717, 1.165) is 30.5 Å². The fraction of sp³-hybridized carbons (Fsp3) is 0.400. The van der Waals surface area contributed by atoms with Gasteiger partial charge in [-0.2, -0.15) is 0 Å². The molecule has 1 N–H and O–H groups in total. The summed E-state index contributed by atoms with van der Waals surface area (Å²) in [6.07, 6.45) is 6.47. The van der Waals surface area contributed by atoms with Crippen LogP contribution in [0.5, 0.6) is 0 Å². The molecule has 30 heavy (non-hydrogen) atoms. The predicted molar refractivity (Wildman–Crippen MR) is 110 cm³/mol. The number of hydrogen-bond acceptors (Lipinski definition) is 8. The molecule has 1 amide bonds. The van der Waals surface area contributed by atoms with Crippen molar-refractivity contribution >= 4 is 34.7 Å². The summed E-state index contributed by atoms with van der Waals surface area (Å²) in [6.45, 7) is 1.22. The molecule has 1 atom stereocenters. The highest BCUT2D eigenvalue weighted by Crippen LogP contribution is 2.30. The van der Waals surface area contributed by atoms with Crippen LogP contribution in [0.2, 0.25) is 0 Å². The third-order valence-corrected chi connectivity index (χ3v) is 6.10. The van der Waals surface area contributed by atoms with Gasteiger partial charge in [-0.1, -0.05) is 0 Å². The SMILES string of the molecule is COC1CCN(OC(=O)c2nc(-c3ccc4nc(NC(=O)C5CC5)cn4c3)cs2)C1. The monoisotopic (exact) mass is 427 g/mol. The Kier molecular flexibility index (Phi) is 4.97. The Morgan fingerprint density at radius 3 is 2.83 bits per heavy atom. The Morgan fingerprint density at radius 1 is 1.20 bits per heavy atom. The zero-order valence-corrected chi connectivity index (χ0v) is 17.2. The molecule has 1 unspecified atom stereocenters. The van der Waals surface area contributed by atoms with E-state index in [2.05, 4.69) is 15.3 Å². The van der Waals surface area contributed by atoms with Gasteiger partial charge in [0.1, 0.15) is 5.65 Å². The van der Waals surface area contributed by atoms with E-state index in [-0.39, 0.29) is 17.9 Å². The number of aromatic nitrogens is 3. The van der Waals surface area contributed by atoms with Gasteiger partial charge in [-0.3, -0.25) is 4.79 Å². The Morgan fingerprint density at radius 2 is 2.07 bits per heavy atom. The molecule has 9 nitrogen and oxygen atoms in total. The highest BCUT2D eigenvalue weighted by atomic mass is 32.1. The molecule has 5 rings (SSSR count). The number of methoxy groups -OCH3 is 1. The molecule has 1 aliphatic carbocycles. The summed E-state index contributed by atoms with van der Waals surface area (Å²) in [6, 6.07) is 3.75. The van der Waals surface area contributed by atoms with Crippen molar-refractivity contribution in [3.8, 4) is 11.3 Å². The number of carbonyl (C=O) groups excluding carboxylic acids is 2. The second-order valence-electron chi connectivity index (χ2n) is 7.52. The second kappa shape index (κ2) is 7.78. The first kappa shape index (κ1) is 19.2. The fourth-order valence-corrected chi connectivity index (χ4v) is 4.10. The minimum atomic E-state index is -0.461. The number of imidazole rings is 1. The number of carbonyl (C=O) groups is 2. The van der Waals surface area contributed by atoms with Crippen molar-refractivity contribution in [2.24, 2.45) is 5.92 Å². The number of fused-ring (bicyclic) bond motifs is 1. The number of hydroxylamine groups is 2. The summed E-state index contributed by atoms with van der Waals surface area (Å²) in [4.78, 5) is 38.6. The molecule has 156 valence electrons. The molecule has 2 aliphatic rings. The third-order valence-electron chi connectivity index (χ3n) is 5.28. The highest BCUT2D eigenvalue weighted by Gasteiger charge is 2.30. The number of pyridine rings is 1. The van der Waals surface area contributed by atoms with E-state index in [1.807, 2.05) is 28.1 Å². The van der Waals surface area contributed by atoms with Crippen LogP contribution in [0.4, 0.5) is 5.82 Å². The number of amides is 1. The first-order valence-electron chi connectivity index (χ1n) is 9.84. The van der Waals surface area contributed by atoms with Gasteiger partial charge in [-0.15, -0.1) is 16.4 Å². The summed E-state index contributed by atoms with van der Waals surface area (Å²) < 4.78 is 7.12. The Labute approximate surface area is 176 Å². The molecule has 3 aromatic heterocycles. The second-order valence-corrected chi connectivity index (χ2v) is 8.38. The molecule has 2 fully saturated rings. The number of nitrogens with one attached hydrogen (secondary N) is 1. The third kappa shape index (κ3) is 3.93. The minimum absolute atomic E-state index is 0.0242. The summed E-state index contributed by atoms with van der Waals surface area (Å²) in [7, 11) is 1.66. The number of hydrogen-bond donors (Lipinski definition) is 1. The van der Waals surface area contributed by atoms with Gasteiger partial charge in [0.15, 0.2) is 5.82 Å². The van der Waals surface area contributed by atoms with Crippen molar-refractivity contribution in [3.63, 3.8) is 0 Å². The summed E-state index contributed by atoms with van der Waals surface area (Å²) in [5, 5.41) is 6.60. The van der Waals surface area contributed by atoms with Crippen LogP contribution in [-0.2, 0) is 14.4 Å². The van der Waals surface area contributed by atoms with E-state index in [1.165, 1.54) is 11.3 Å². The molecule has 0 bridgehead atoms. The van der Waals surface area contributed by atoms with Crippen molar-refractivity contribution in [2.75, 3.05) is 25.5 Å². The van der Waals surface area contributed by atoms with E-state index in [9.17, 15) is 9.59 Å². The molecular weight excluding hydrogens is 406 g/mol. The van der Waals surface area contributed by atoms with Gasteiger partial charge >= 0.3 is 5.97 Å². The number of nitrogens with zero attached hydrogens (tertiary/aromatic N) is 4. The van der Waals surface area contributed by atoms with Crippen LogP contribution in [0.1, 0.15) is 29.1 Å². The van der Waals surface area contributed by atoms with Crippen LogP contribution < -0.4 is 5.32 Å².